The lowest BCUT2D eigenvalue weighted by molar-refractivity contribution is -0.142. The molecule has 0 spiro atoms. The van der Waals surface area contributed by atoms with Gasteiger partial charge in [0.2, 0.25) is 0 Å². The maximum absolute atomic E-state index is 11.6. The zero-order chi connectivity index (χ0) is 15.7. The lowest BCUT2D eigenvalue weighted by Gasteiger charge is -2.17. The molecule has 0 aromatic heterocycles. The van der Waals surface area contributed by atoms with Gasteiger partial charge in [-0.25, -0.2) is 4.79 Å². The van der Waals surface area contributed by atoms with Gasteiger partial charge >= 0.3 is 12.0 Å². The van der Waals surface area contributed by atoms with E-state index < -0.39 is 22.7 Å². The molecule has 3 N–H and O–H groups in total. The SMILES string of the molecule is CC(C)CC(CNC(=O)NC(C)CCS(C)=O)C(=O)O. The van der Waals surface area contributed by atoms with Crippen molar-refractivity contribution >= 4 is 22.8 Å². The van der Waals surface area contributed by atoms with Gasteiger partial charge in [-0.2, -0.15) is 0 Å². The normalized spacial score (nSPS) is 15.4. The highest BCUT2D eigenvalue weighted by Crippen LogP contribution is 2.10. The van der Waals surface area contributed by atoms with Gasteiger partial charge in [-0.1, -0.05) is 13.8 Å². The number of hydrogen-bond acceptors (Lipinski definition) is 3. The van der Waals surface area contributed by atoms with Gasteiger partial charge in [0.05, 0.1) is 5.92 Å². The lowest BCUT2D eigenvalue weighted by atomic mass is 9.97. The summed E-state index contributed by atoms with van der Waals surface area (Å²) in [6, 6.07) is -0.471. The van der Waals surface area contributed by atoms with Crippen LogP contribution in [0.4, 0.5) is 4.79 Å². The summed E-state index contributed by atoms with van der Waals surface area (Å²) < 4.78 is 10.9. The van der Waals surface area contributed by atoms with Crippen LogP contribution in [0, 0.1) is 11.8 Å². The van der Waals surface area contributed by atoms with Crippen LogP contribution >= 0.6 is 0 Å². The Labute approximate surface area is 123 Å². The molecule has 7 heteroatoms. The third-order valence-corrected chi connectivity index (χ3v) is 3.64. The fraction of sp³-hybridized carbons (Fsp3) is 0.846. The molecule has 0 radical (unpaired) electrons. The Morgan fingerprint density at radius 3 is 2.30 bits per heavy atom. The first-order chi connectivity index (χ1) is 9.22. The molecule has 3 atom stereocenters. The highest BCUT2D eigenvalue weighted by Gasteiger charge is 2.19. The number of carboxylic acids is 1. The van der Waals surface area contributed by atoms with E-state index in [4.69, 9.17) is 5.11 Å². The average Bonchev–Trinajstić information content (AvgIpc) is 2.31. The molecule has 0 saturated heterocycles. The summed E-state index contributed by atoms with van der Waals surface area (Å²) in [5.41, 5.74) is 0. The van der Waals surface area contributed by atoms with Crippen LogP contribution in [-0.2, 0) is 15.6 Å². The van der Waals surface area contributed by atoms with Crippen LogP contribution in [0.15, 0.2) is 0 Å². The van der Waals surface area contributed by atoms with Gasteiger partial charge in [0, 0.05) is 35.4 Å². The Morgan fingerprint density at radius 2 is 1.85 bits per heavy atom. The van der Waals surface area contributed by atoms with E-state index in [-0.39, 0.29) is 24.5 Å². The highest BCUT2D eigenvalue weighted by molar-refractivity contribution is 7.84. The molecule has 0 aliphatic heterocycles. The van der Waals surface area contributed by atoms with Crippen LogP contribution in [0.2, 0.25) is 0 Å². The number of hydrogen-bond donors (Lipinski definition) is 3. The first kappa shape index (κ1) is 18.9. The maximum atomic E-state index is 11.6. The summed E-state index contributed by atoms with van der Waals surface area (Å²) in [6.07, 6.45) is 2.78. The highest BCUT2D eigenvalue weighted by atomic mass is 32.2. The monoisotopic (exact) mass is 306 g/mol. The van der Waals surface area contributed by atoms with Gasteiger partial charge in [-0.05, 0) is 25.7 Å². The number of rotatable bonds is 9. The molecule has 0 aliphatic rings. The fourth-order valence-corrected chi connectivity index (χ4v) is 2.43. The second kappa shape index (κ2) is 9.74. The Bertz CT molecular complexity index is 347. The van der Waals surface area contributed by atoms with Crippen molar-refractivity contribution in [2.75, 3.05) is 18.6 Å². The van der Waals surface area contributed by atoms with E-state index >= 15 is 0 Å². The zero-order valence-electron chi connectivity index (χ0n) is 12.6. The number of carboxylic acid groups (broad SMARTS) is 1. The molecule has 118 valence electrons. The minimum Gasteiger partial charge on any atom is -0.481 e. The predicted octanol–water partition coefficient (Wildman–Crippen LogP) is 1.19. The van der Waals surface area contributed by atoms with E-state index in [0.29, 0.717) is 18.6 Å². The Hall–Kier alpha value is -1.11. The topological polar surface area (TPSA) is 95.5 Å². The first-order valence-electron chi connectivity index (χ1n) is 6.79. The molecule has 0 fully saturated rings. The molecular formula is C13H26N2O4S. The van der Waals surface area contributed by atoms with Gasteiger partial charge in [-0.15, -0.1) is 0 Å². The summed E-state index contributed by atoms with van der Waals surface area (Å²) in [5, 5.41) is 14.3. The second-order valence-corrected chi connectivity index (χ2v) is 7.04. The smallest absolute Gasteiger partial charge is 0.315 e. The number of carbonyl (C=O) groups is 2. The molecular weight excluding hydrogens is 280 g/mol. The van der Waals surface area contributed by atoms with Crippen molar-refractivity contribution in [1.29, 1.82) is 0 Å². The largest absolute Gasteiger partial charge is 0.481 e. The third kappa shape index (κ3) is 9.77. The van der Waals surface area contributed by atoms with Crippen LogP contribution in [0.3, 0.4) is 0 Å². The van der Waals surface area contributed by atoms with Gasteiger partial charge in [0.1, 0.15) is 0 Å². The van der Waals surface area contributed by atoms with Crippen molar-refractivity contribution in [3.8, 4) is 0 Å². The number of aliphatic carboxylic acids is 1. The number of amides is 2. The quantitative estimate of drug-likeness (QED) is 0.596. The van der Waals surface area contributed by atoms with Gasteiger partial charge < -0.3 is 15.7 Å². The molecule has 3 unspecified atom stereocenters. The second-order valence-electron chi connectivity index (χ2n) is 5.49. The molecule has 0 aliphatic carbocycles. The Morgan fingerprint density at radius 1 is 1.25 bits per heavy atom. The van der Waals surface area contributed by atoms with E-state index in [2.05, 4.69) is 10.6 Å². The minimum atomic E-state index is -0.895. The maximum Gasteiger partial charge on any atom is 0.315 e. The van der Waals surface area contributed by atoms with Crippen LogP contribution in [0.1, 0.15) is 33.6 Å². The molecule has 6 nitrogen and oxygen atoms in total. The first-order valence-corrected chi connectivity index (χ1v) is 8.52. The summed E-state index contributed by atoms with van der Waals surface area (Å²) in [5.74, 6) is -0.668. The predicted molar refractivity (Wildman–Crippen MR) is 80.1 cm³/mol. The molecule has 0 saturated carbocycles. The standard InChI is InChI=1S/C13H26N2O4S/c1-9(2)7-11(12(16)17)8-14-13(18)15-10(3)5-6-20(4)19/h9-11H,5-8H2,1-4H3,(H,16,17)(H2,14,15,18). The summed E-state index contributed by atoms with van der Waals surface area (Å²) in [6.45, 7) is 5.84. The average molecular weight is 306 g/mol. The summed E-state index contributed by atoms with van der Waals surface area (Å²) >= 11 is 0. The number of carbonyl (C=O) groups excluding carboxylic acids is 1. The van der Waals surface area contributed by atoms with Crippen molar-refractivity contribution in [2.45, 2.75) is 39.7 Å². The van der Waals surface area contributed by atoms with E-state index in [0.717, 1.165) is 0 Å². The van der Waals surface area contributed by atoms with Crippen molar-refractivity contribution in [3.05, 3.63) is 0 Å². The fourth-order valence-electron chi connectivity index (χ4n) is 1.75. The van der Waals surface area contributed by atoms with E-state index in [1.165, 1.54) is 0 Å². The van der Waals surface area contributed by atoms with Crippen molar-refractivity contribution in [3.63, 3.8) is 0 Å². The van der Waals surface area contributed by atoms with Gasteiger partial charge in [0.25, 0.3) is 0 Å². The zero-order valence-corrected chi connectivity index (χ0v) is 13.5. The lowest BCUT2D eigenvalue weighted by Crippen LogP contribution is -2.44. The number of urea groups is 1. The van der Waals surface area contributed by atoms with Crippen molar-refractivity contribution < 1.29 is 18.9 Å². The molecule has 0 heterocycles. The summed E-state index contributed by atoms with van der Waals surface area (Å²) in [4.78, 5) is 22.7. The van der Waals surface area contributed by atoms with E-state index in [9.17, 15) is 13.8 Å². The van der Waals surface area contributed by atoms with Crippen LogP contribution in [0.5, 0.6) is 0 Å². The third-order valence-electron chi connectivity index (χ3n) is 2.83. The van der Waals surface area contributed by atoms with Crippen LogP contribution < -0.4 is 10.6 Å². The Kier molecular flexibility index (Phi) is 9.20. The van der Waals surface area contributed by atoms with Gasteiger partial charge in [-0.3, -0.25) is 9.00 Å². The van der Waals surface area contributed by atoms with Crippen molar-refractivity contribution in [2.24, 2.45) is 11.8 Å². The molecule has 0 aromatic rings. The summed E-state index contributed by atoms with van der Waals surface area (Å²) in [7, 11) is -0.874. The van der Waals surface area contributed by atoms with Crippen LogP contribution in [0.25, 0.3) is 0 Å². The molecule has 2 amide bonds. The molecule has 0 bridgehead atoms. The molecule has 20 heavy (non-hydrogen) atoms. The van der Waals surface area contributed by atoms with Crippen LogP contribution in [-0.4, -0.2) is 45.9 Å². The Balaban J connectivity index is 4.06. The van der Waals surface area contributed by atoms with Crippen molar-refractivity contribution in [1.82, 2.24) is 10.6 Å². The minimum absolute atomic E-state index is 0.0905. The van der Waals surface area contributed by atoms with E-state index in [1.807, 2.05) is 20.8 Å². The van der Waals surface area contributed by atoms with E-state index in [1.54, 1.807) is 6.26 Å². The number of nitrogens with one attached hydrogen (secondary N) is 2. The molecule has 0 aromatic carbocycles. The molecule has 0 rings (SSSR count). The van der Waals surface area contributed by atoms with Gasteiger partial charge in [0.15, 0.2) is 0 Å².